The highest BCUT2D eigenvalue weighted by atomic mass is 32.1. The summed E-state index contributed by atoms with van der Waals surface area (Å²) in [7, 11) is 1.69. The molecule has 0 spiro atoms. The number of nitrogens with one attached hydrogen (secondary N) is 1. The second-order valence-corrected chi connectivity index (χ2v) is 5.38. The molecule has 2 aromatic rings. The van der Waals surface area contributed by atoms with Gasteiger partial charge >= 0.3 is 0 Å². The fourth-order valence-corrected chi connectivity index (χ4v) is 2.62. The zero-order chi connectivity index (χ0) is 13.1. The summed E-state index contributed by atoms with van der Waals surface area (Å²) < 4.78 is 5.26. The van der Waals surface area contributed by atoms with Crippen LogP contribution in [0.4, 0.5) is 5.13 Å². The molecule has 0 saturated heterocycles. The highest BCUT2D eigenvalue weighted by Gasteiger charge is 2.07. The summed E-state index contributed by atoms with van der Waals surface area (Å²) in [6.45, 7) is 6.26. The van der Waals surface area contributed by atoms with Crippen LogP contribution in [0, 0.1) is 6.92 Å². The van der Waals surface area contributed by atoms with E-state index in [-0.39, 0.29) is 0 Å². The monoisotopic (exact) mass is 262 g/mol. The van der Waals surface area contributed by atoms with Gasteiger partial charge in [-0.3, -0.25) is 0 Å². The standard InChI is InChI=1S/C14H18N2OS/c1-9(2)15-14-16-12(8-18-14)11-5-6-13(17-4)10(3)7-11/h5-9H,1-4H3,(H,15,16). The minimum Gasteiger partial charge on any atom is -0.496 e. The van der Waals surface area contributed by atoms with E-state index in [9.17, 15) is 0 Å². The van der Waals surface area contributed by atoms with Crippen molar-refractivity contribution in [3.63, 3.8) is 0 Å². The van der Waals surface area contributed by atoms with Crippen LogP contribution in [0.15, 0.2) is 23.6 Å². The first kappa shape index (κ1) is 12.9. The van der Waals surface area contributed by atoms with E-state index in [1.165, 1.54) is 0 Å². The van der Waals surface area contributed by atoms with Crippen LogP contribution < -0.4 is 10.1 Å². The number of hydrogen-bond donors (Lipinski definition) is 1. The molecule has 0 fully saturated rings. The van der Waals surface area contributed by atoms with E-state index in [1.807, 2.05) is 19.1 Å². The third-order valence-electron chi connectivity index (χ3n) is 2.61. The van der Waals surface area contributed by atoms with Crippen LogP contribution in [0.5, 0.6) is 5.75 Å². The van der Waals surface area contributed by atoms with Crippen molar-refractivity contribution in [3.8, 4) is 17.0 Å². The Morgan fingerprint density at radius 3 is 2.72 bits per heavy atom. The number of ether oxygens (including phenoxy) is 1. The normalized spacial score (nSPS) is 10.7. The predicted molar refractivity (Wildman–Crippen MR) is 77.6 cm³/mol. The number of rotatable bonds is 4. The summed E-state index contributed by atoms with van der Waals surface area (Å²) in [5, 5.41) is 6.36. The van der Waals surface area contributed by atoms with Gasteiger partial charge < -0.3 is 10.1 Å². The van der Waals surface area contributed by atoms with Crippen LogP contribution in [-0.4, -0.2) is 18.1 Å². The minimum atomic E-state index is 0.404. The average Bonchev–Trinajstić information content (AvgIpc) is 2.76. The molecule has 0 radical (unpaired) electrons. The van der Waals surface area contributed by atoms with Crippen molar-refractivity contribution < 1.29 is 4.74 Å². The SMILES string of the molecule is COc1ccc(-c2csc(NC(C)C)n2)cc1C. The van der Waals surface area contributed by atoms with Crippen molar-refractivity contribution in [2.45, 2.75) is 26.8 Å². The molecule has 0 bridgehead atoms. The molecule has 1 N–H and O–H groups in total. The second kappa shape index (κ2) is 5.40. The topological polar surface area (TPSA) is 34.1 Å². The van der Waals surface area contributed by atoms with Gasteiger partial charge in [0.1, 0.15) is 5.75 Å². The molecular weight excluding hydrogens is 244 g/mol. The highest BCUT2D eigenvalue weighted by molar-refractivity contribution is 7.14. The third-order valence-corrected chi connectivity index (χ3v) is 3.38. The lowest BCUT2D eigenvalue weighted by Crippen LogP contribution is -2.08. The lowest BCUT2D eigenvalue weighted by molar-refractivity contribution is 0.412. The van der Waals surface area contributed by atoms with E-state index in [1.54, 1.807) is 18.4 Å². The fourth-order valence-electron chi connectivity index (χ4n) is 1.76. The molecule has 2 rings (SSSR count). The number of benzene rings is 1. The number of aryl methyl sites for hydroxylation is 1. The Hall–Kier alpha value is -1.55. The Morgan fingerprint density at radius 2 is 2.11 bits per heavy atom. The maximum Gasteiger partial charge on any atom is 0.183 e. The largest absolute Gasteiger partial charge is 0.496 e. The molecule has 0 atom stereocenters. The van der Waals surface area contributed by atoms with Crippen LogP contribution in [0.1, 0.15) is 19.4 Å². The zero-order valence-electron chi connectivity index (χ0n) is 11.2. The summed E-state index contributed by atoms with van der Waals surface area (Å²) >= 11 is 1.64. The van der Waals surface area contributed by atoms with E-state index in [2.05, 4.69) is 35.6 Å². The van der Waals surface area contributed by atoms with Crippen molar-refractivity contribution in [2.75, 3.05) is 12.4 Å². The van der Waals surface area contributed by atoms with Crippen LogP contribution in [0.25, 0.3) is 11.3 Å². The second-order valence-electron chi connectivity index (χ2n) is 4.52. The van der Waals surface area contributed by atoms with Gasteiger partial charge in [0.05, 0.1) is 12.8 Å². The van der Waals surface area contributed by atoms with Crippen molar-refractivity contribution in [3.05, 3.63) is 29.1 Å². The van der Waals surface area contributed by atoms with E-state index >= 15 is 0 Å². The Kier molecular flexibility index (Phi) is 3.87. The van der Waals surface area contributed by atoms with Gasteiger partial charge in [-0.1, -0.05) is 0 Å². The van der Waals surface area contributed by atoms with Crippen LogP contribution >= 0.6 is 11.3 Å². The molecule has 0 unspecified atom stereocenters. The Morgan fingerprint density at radius 1 is 1.33 bits per heavy atom. The van der Waals surface area contributed by atoms with Crippen LogP contribution in [0.2, 0.25) is 0 Å². The summed E-state index contributed by atoms with van der Waals surface area (Å²) in [5.41, 5.74) is 3.26. The molecule has 1 aromatic heterocycles. The maximum absolute atomic E-state index is 5.26. The van der Waals surface area contributed by atoms with Crippen molar-refractivity contribution in [1.82, 2.24) is 4.98 Å². The summed E-state index contributed by atoms with van der Waals surface area (Å²) in [6, 6.07) is 6.54. The number of thiazole rings is 1. The first-order valence-electron chi connectivity index (χ1n) is 5.97. The number of hydrogen-bond acceptors (Lipinski definition) is 4. The van der Waals surface area contributed by atoms with Gasteiger partial charge in [0.25, 0.3) is 0 Å². The van der Waals surface area contributed by atoms with Gasteiger partial charge in [0, 0.05) is 17.0 Å². The van der Waals surface area contributed by atoms with Gasteiger partial charge in [-0.05, 0) is 44.5 Å². The van der Waals surface area contributed by atoms with Crippen LogP contribution in [-0.2, 0) is 0 Å². The molecule has 96 valence electrons. The lowest BCUT2D eigenvalue weighted by Gasteiger charge is -2.06. The van der Waals surface area contributed by atoms with Gasteiger partial charge in [0.2, 0.25) is 0 Å². The molecule has 18 heavy (non-hydrogen) atoms. The number of methoxy groups -OCH3 is 1. The first-order valence-corrected chi connectivity index (χ1v) is 6.85. The summed E-state index contributed by atoms with van der Waals surface area (Å²) in [5.74, 6) is 0.912. The quantitative estimate of drug-likeness (QED) is 0.906. The van der Waals surface area contributed by atoms with Crippen molar-refractivity contribution in [1.29, 1.82) is 0 Å². The molecule has 0 amide bonds. The Balaban J connectivity index is 2.26. The highest BCUT2D eigenvalue weighted by Crippen LogP contribution is 2.28. The van der Waals surface area contributed by atoms with Gasteiger partial charge in [-0.2, -0.15) is 0 Å². The van der Waals surface area contributed by atoms with E-state index < -0.39 is 0 Å². The van der Waals surface area contributed by atoms with Gasteiger partial charge in [0.15, 0.2) is 5.13 Å². The third kappa shape index (κ3) is 2.82. The van der Waals surface area contributed by atoms with Gasteiger partial charge in [-0.25, -0.2) is 4.98 Å². The summed E-state index contributed by atoms with van der Waals surface area (Å²) in [6.07, 6.45) is 0. The van der Waals surface area contributed by atoms with Gasteiger partial charge in [-0.15, -0.1) is 11.3 Å². The van der Waals surface area contributed by atoms with E-state index in [0.717, 1.165) is 27.7 Å². The molecule has 0 aliphatic carbocycles. The smallest absolute Gasteiger partial charge is 0.183 e. The fraction of sp³-hybridized carbons (Fsp3) is 0.357. The molecule has 0 aliphatic heterocycles. The molecule has 4 heteroatoms. The van der Waals surface area contributed by atoms with Crippen molar-refractivity contribution in [2.24, 2.45) is 0 Å². The summed E-state index contributed by atoms with van der Waals surface area (Å²) in [4.78, 5) is 4.58. The molecule has 1 aromatic carbocycles. The van der Waals surface area contributed by atoms with E-state index in [4.69, 9.17) is 4.74 Å². The maximum atomic E-state index is 5.26. The minimum absolute atomic E-state index is 0.404. The zero-order valence-corrected chi connectivity index (χ0v) is 12.0. The molecule has 1 heterocycles. The number of nitrogens with zero attached hydrogens (tertiary/aromatic N) is 1. The molecular formula is C14H18N2OS. The Bertz CT molecular complexity index is 534. The predicted octanol–water partition coefficient (Wildman–Crippen LogP) is 3.95. The molecule has 3 nitrogen and oxygen atoms in total. The average molecular weight is 262 g/mol. The lowest BCUT2D eigenvalue weighted by atomic mass is 10.1. The first-order chi connectivity index (χ1) is 8.60. The number of aromatic nitrogens is 1. The Labute approximate surface area is 112 Å². The number of anilines is 1. The molecule has 0 saturated carbocycles. The van der Waals surface area contributed by atoms with Crippen molar-refractivity contribution >= 4 is 16.5 Å². The molecule has 0 aliphatic rings. The van der Waals surface area contributed by atoms with Crippen LogP contribution in [0.3, 0.4) is 0 Å². The van der Waals surface area contributed by atoms with E-state index in [0.29, 0.717) is 6.04 Å².